The fourth-order valence-corrected chi connectivity index (χ4v) is 2.28. The lowest BCUT2D eigenvalue weighted by molar-refractivity contribution is -0.139. The van der Waals surface area contributed by atoms with Crippen LogP contribution in [0.25, 0.3) is 0 Å². The van der Waals surface area contributed by atoms with Crippen molar-refractivity contribution in [3.8, 4) is 5.88 Å². The number of benzene rings is 1. The van der Waals surface area contributed by atoms with E-state index in [0.717, 1.165) is 17.4 Å². The van der Waals surface area contributed by atoms with E-state index in [1.165, 1.54) is 0 Å². The molecule has 0 radical (unpaired) electrons. The van der Waals surface area contributed by atoms with E-state index in [1.807, 2.05) is 38.1 Å². The maximum Gasteiger partial charge on any atom is 0.423 e. The van der Waals surface area contributed by atoms with Crippen LogP contribution in [0, 0.1) is 5.92 Å². The van der Waals surface area contributed by atoms with Gasteiger partial charge in [0.2, 0.25) is 11.8 Å². The van der Waals surface area contributed by atoms with Crippen molar-refractivity contribution in [1.82, 2.24) is 9.97 Å². The summed E-state index contributed by atoms with van der Waals surface area (Å²) >= 11 is 0. The molecule has 0 aliphatic rings. The molecule has 2 rings (SSSR count). The SMILES string of the molecule is CC(C)COc1nc(N(C)c2cccc(C(C)C)c2)ncc1C(F)(F)F. The molecule has 0 atom stereocenters. The fraction of sp³-hybridized carbons (Fsp3) is 0.474. The van der Waals surface area contributed by atoms with Crippen LogP contribution in [0.2, 0.25) is 0 Å². The van der Waals surface area contributed by atoms with Gasteiger partial charge in [-0.3, -0.25) is 0 Å². The fourth-order valence-electron chi connectivity index (χ4n) is 2.28. The minimum absolute atomic E-state index is 0.0787. The van der Waals surface area contributed by atoms with Crippen LogP contribution in [0.15, 0.2) is 30.5 Å². The van der Waals surface area contributed by atoms with Crippen molar-refractivity contribution < 1.29 is 17.9 Å². The Balaban J connectivity index is 2.39. The number of nitrogens with zero attached hydrogens (tertiary/aromatic N) is 3. The molecule has 142 valence electrons. The number of anilines is 2. The minimum atomic E-state index is -4.57. The molecule has 0 aliphatic heterocycles. The molecule has 1 aromatic heterocycles. The molecule has 7 heteroatoms. The van der Waals surface area contributed by atoms with Crippen LogP contribution in [0.4, 0.5) is 24.8 Å². The van der Waals surface area contributed by atoms with Crippen LogP contribution >= 0.6 is 0 Å². The number of ether oxygens (including phenoxy) is 1. The van der Waals surface area contributed by atoms with Gasteiger partial charge in [0.25, 0.3) is 0 Å². The van der Waals surface area contributed by atoms with E-state index < -0.39 is 17.6 Å². The highest BCUT2D eigenvalue weighted by atomic mass is 19.4. The zero-order valence-corrected chi connectivity index (χ0v) is 15.6. The van der Waals surface area contributed by atoms with Crippen molar-refractivity contribution >= 4 is 11.6 Å². The second kappa shape index (κ2) is 7.93. The lowest BCUT2D eigenvalue weighted by Crippen LogP contribution is -2.18. The molecule has 0 amide bonds. The molecule has 4 nitrogen and oxygen atoms in total. The van der Waals surface area contributed by atoms with Gasteiger partial charge >= 0.3 is 6.18 Å². The summed E-state index contributed by atoms with van der Waals surface area (Å²) in [7, 11) is 1.72. The number of alkyl halides is 3. The first-order valence-corrected chi connectivity index (χ1v) is 8.50. The summed E-state index contributed by atoms with van der Waals surface area (Å²) in [6.45, 7) is 8.01. The molecule has 2 aromatic rings. The van der Waals surface area contributed by atoms with Gasteiger partial charge in [-0.15, -0.1) is 0 Å². The number of rotatable bonds is 6. The van der Waals surface area contributed by atoms with Crippen molar-refractivity contribution in [2.24, 2.45) is 5.92 Å². The van der Waals surface area contributed by atoms with Crippen molar-refractivity contribution in [1.29, 1.82) is 0 Å². The van der Waals surface area contributed by atoms with Gasteiger partial charge in [-0.1, -0.05) is 39.8 Å². The van der Waals surface area contributed by atoms with E-state index >= 15 is 0 Å². The third-order valence-corrected chi connectivity index (χ3v) is 3.82. The summed E-state index contributed by atoms with van der Waals surface area (Å²) in [6, 6.07) is 7.75. The molecule has 0 fully saturated rings. The first kappa shape index (κ1) is 20.0. The molecule has 0 aliphatic carbocycles. The van der Waals surface area contributed by atoms with E-state index in [0.29, 0.717) is 5.92 Å². The van der Waals surface area contributed by atoms with E-state index in [1.54, 1.807) is 11.9 Å². The van der Waals surface area contributed by atoms with Crippen LogP contribution in [0.3, 0.4) is 0 Å². The van der Waals surface area contributed by atoms with Gasteiger partial charge in [0.1, 0.15) is 5.56 Å². The molecule has 1 heterocycles. The topological polar surface area (TPSA) is 38.2 Å². The second-order valence-corrected chi connectivity index (χ2v) is 6.90. The molecule has 0 spiro atoms. The third kappa shape index (κ3) is 4.86. The third-order valence-electron chi connectivity index (χ3n) is 3.82. The van der Waals surface area contributed by atoms with Crippen molar-refractivity contribution in [2.45, 2.75) is 39.8 Å². The molecule has 0 unspecified atom stereocenters. The van der Waals surface area contributed by atoms with Gasteiger partial charge in [-0.05, 0) is 29.5 Å². The minimum Gasteiger partial charge on any atom is -0.477 e. The summed E-state index contributed by atoms with van der Waals surface area (Å²) in [5, 5.41) is 0. The molecule has 26 heavy (non-hydrogen) atoms. The number of hydrogen-bond donors (Lipinski definition) is 0. The van der Waals surface area contributed by atoms with Crippen LogP contribution in [-0.2, 0) is 6.18 Å². The Hall–Kier alpha value is -2.31. The molecular formula is C19H24F3N3O. The van der Waals surface area contributed by atoms with E-state index in [2.05, 4.69) is 23.8 Å². The Labute approximate surface area is 152 Å². The van der Waals surface area contributed by atoms with E-state index in [9.17, 15) is 13.2 Å². The zero-order valence-electron chi connectivity index (χ0n) is 15.6. The lowest BCUT2D eigenvalue weighted by atomic mass is 10.0. The van der Waals surface area contributed by atoms with Crippen LogP contribution < -0.4 is 9.64 Å². The maximum atomic E-state index is 13.2. The highest BCUT2D eigenvalue weighted by molar-refractivity contribution is 5.58. The predicted molar refractivity (Wildman–Crippen MR) is 96.0 cm³/mol. The van der Waals surface area contributed by atoms with Crippen molar-refractivity contribution in [3.63, 3.8) is 0 Å². The average Bonchev–Trinajstić information content (AvgIpc) is 2.58. The van der Waals surface area contributed by atoms with Gasteiger partial charge in [-0.25, -0.2) is 4.98 Å². The molecule has 0 N–H and O–H groups in total. The van der Waals surface area contributed by atoms with Crippen LogP contribution in [0.5, 0.6) is 5.88 Å². The Morgan fingerprint density at radius 2 is 1.85 bits per heavy atom. The summed E-state index contributed by atoms with van der Waals surface area (Å²) in [5.74, 6) is 0.123. The molecule has 0 bridgehead atoms. The standard InChI is InChI=1S/C19H24F3N3O/c1-12(2)11-26-17-16(19(20,21)22)10-23-18(24-17)25(5)15-8-6-7-14(9-15)13(3)4/h6-10,12-13H,11H2,1-5H3. The summed E-state index contributed by atoms with van der Waals surface area (Å²) in [6.07, 6.45) is -3.79. The smallest absolute Gasteiger partial charge is 0.423 e. The number of aromatic nitrogens is 2. The van der Waals surface area contributed by atoms with Gasteiger partial charge < -0.3 is 9.64 Å². The average molecular weight is 367 g/mol. The van der Waals surface area contributed by atoms with Gasteiger partial charge in [0, 0.05) is 18.9 Å². The Bertz CT molecular complexity index is 745. The number of hydrogen-bond acceptors (Lipinski definition) is 4. The first-order chi connectivity index (χ1) is 12.1. The monoisotopic (exact) mass is 367 g/mol. The molecule has 0 saturated heterocycles. The van der Waals surface area contributed by atoms with Gasteiger partial charge in [-0.2, -0.15) is 18.2 Å². The van der Waals surface area contributed by atoms with Gasteiger partial charge in [0.15, 0.2) is 0 Å². The van der Waals surface area contributed by atoms with Crippen LogP contribution in [0.1, 0.15) is 44.7 Å². The van der Waals surface area contributed by atoms with E-state index in [4.69, 9.17) is 4.74 Å². The first-order valence-electron chi connectivity index (χ1n) is 8.50. The zero-order chi connectivity index (χ0) is 19.5. The van der Waals surface area contributed by atoms with E-state index in [-0.39, 0.29) is 18.5 Å². The summed E-state index contributed by atoms with van der Waals surface area (Å²) in [4.78, 5) is 9.58. The number of halogens is 3. The second-order valence-electron chi connectivity index (χ2n) is 6.90. The highest BCUT2D eigenvalue weighted by Crippen LogP contribution is 2.36. The highest BCUT2D eigenvalue weighted by Gasteiger charge is 2.36. The predicted octanol–water partition coefficient (Wildman–Crippen LogP) is 5.42. The van der Waals surface area contributed by atoms with Crippen LogP contribution in [-0.4, -0.2) is 23.6 Å². The molecule has 0 saturated carbocycles. The summed E-state index contributed by atoms with van der Waals surface area (Å²) in [5.41, 5.74) is 0.953. The molecule has 1 aromatic carbocycles. The summed E-state index contributed by atoms with van der Waals surface area (Å²) < 4.78 is 44.9. The quantitative estimate of drug-likeness (QED) is 0.683. The maximum absolute atomic E-state index is 13.2. The van der Waals surface area contributed by atoms with Crippen molar-refractivity contribution in [3.05, 3.63) is 41.6 Å². The Morgan fingerprint density at radius 1 is 1.15 bits per heavy atom. The normalized spacial score (nSPS) is 11.9. The van der Waals surface area contributed by atoms with Crippen molar-refractivity contribution in [2.75, 3.05) is 18.6 Å². The largest absolute Gasteiger partial charge is 0.477 e. The Morgan fingerprint density at radius 3 is 2.42 bits per heavy atom. The van der Waals surface area contributed by atoms with Gasteiger partial charge in [0.05, 0.1) is 6.61 Å². The lowest BCUT2D eigenvalue weighted by Gasteiger charge is -2.21. The molecular weight excluding hydrogens is 343 g/mol. The Kier molecular flexibility index (Phi) is 6.10.